The first-order chi connectivity index (χ1) is 14.5. The number of carbonyl (C=O) groups excluding carboxylic acids is 1. The molecular weight excluding hydrogens is 422 g/mol. The second kappa shape index (κ2) is 9.23. The molecule has 10 heteroatoms. The van der Waals surface area contributed by atoms with Crippen molar-refractivity contribution >= 4 is 34.8 Å². The lowest BCUT2D eigenvalue weighted by Gasteiger charge is -1.98. The molecule has 0 bridgehead atoms. The zero-order valence-electron chi connectivity index (χ0n) is 16.4. The number of aromatic nitrogens is 4. The van der Waals surface area contributed by atoms with Gasteiger partial charge >= 0.3 is 0 Å². The van der Waals surface area contributed by atoms with Gasteiger partial charge in [0.2, 0.25) is 11.8 Å². The Kier molecular flexibility index (Phi) is 6.24. The van der Waals surface area contributed by atoms with Crippen molar-refractivity contribution in [1.29, 1.82) is 0 Å². The molecule has 0 atom stereocenters. The molecule has 0 radical (unpaired) electrons. The van der Waals surface area contributed by atoms with Gasteiger partial charge in [-0.1, -0.05) is 51.9 Å². The molecule has 0 aliphatic carbocycles. The lowest BCUT2D eigenvalue weighted by Crippen LogP contribution is -2.12. The number of carbonyl (C=O) groups is 1. The number of thioether (sulfide) groups is 1. The molecule has 3 aromatic heterocycles. The van der Waals surface area contributed by atoms with Crippen molar-refractivity contribution in [2.45, 2.75) is 36.8 Å². The van der Waals surface area contributed by atoms with Gasteiger partial charge in [-0.2, -0.15) is 4.98 Å². The largest absolute Gasteiger partial charge is 0.360 e. The topological polar surface area (TPSA) is 107 Å². The van der Waals surface area contributed by atoms with Crippen molar-refractivity contribution in [1.82, 2.24) is 20.3 Å². The molecule has 1 amide bonds. The van der Waals surface area contributed by atoms with E-state index < -0.39 is 0 Å². The van der Waals surface area contributed by atoms with E-state index in [-0.39, 0.29) is 12.3 Å². The van der Waals surface area contributed by atoms with Crippen LogP contribution in [0.15, 0.2) is 49.1 Å². The van der Waals surface area contributed by atoms with Crippen molar-refractivity contribution in [2.24, 2.45) is 0 Å². The van der Waals surface area contributed by atoms with Crippen LogP contribution in [0, 0.1) is 13.8 Å². The van der Waals surface area contributed by atoms with Crippen LogP contribution in [0.4, 0.5) is 5.82 Å². The number of aryl methyl sites for hydroxylation is 3. The molecule has 1 aromatic carbocycles. The van der Waals surface area contributed by atoms with E-state index >= 15 is 0 Å². The van der Waals surface area contributed by atoms with Crippen molar-refractivity contribution in [3.8, 4) is 11.3 Å². The molecule has 1 N–H and O–H groups in total. The van der Waals surface area contributed by atoms with Crippen LogP contribution in [0.3, 0.4) is 0 Å². The number of hydrogen-bond donors (Lipinski definition) is 1. The molecule has 3 heterocycles. The first-order valence-electron chi connectivity index (χ1n) is 9.25. The third kappa shape index (κ3) is 5.33. The van der Waals surface area contributed by atoms with E-state index in [1.807, 2.05) is 5.38 Å². The Balaban J connectivity index is 1.25. The van der Waals surface area contributed by atoms with E-state index in [0.717, 1.165) is 15.6 Å². The monoisotopic (exact) mass is 441 g/mol. The zero-order chi connectivity index (χ0) is 20.9. The summed E-state index contributed by atoms with van der Waals surface area (Å²) >= 11 is 3.15. The van der Waals surface area contributed by atoms with Crippen molar-refractivity contribution in [3.05, 3.63) is 58.8 Å². The normalized spacial score (nSPS) is 11.0. The summed E-state index contributed by atoms with van der Waals surface area (Å²) in [5.41, 5.74) is 3.29. The maximum atomic E-state index is 12.0. The average molecular weight is 442 g/mol. The Morgan fingerprint density at radius 2 is 1.97 bits per heavy atom. The lowest BCUT2D eigenvalue weighted by atomic mass is 10.1. The molecule has 0 aliphatic heterocycles. The summed E-state index contributed by atoms with van der Waals surface area (Å²) in [7, 11) is 0. The van der Waals surface area contributed by atoms with Crippen molar-refractivity contribution in [3.63, 3.8) is 0 Å². The van der Waals surface area contributed by atoms with Crippen LogP contribution in [-0.2, 0) is 17.0 Å². The quantitative estimate of drug-likeness (QED) is 0.393. The summed E-state index contributed by atoms with van der Waals surface area (Å²) in [5, 5.41) is 12.4. The Hall–Kier alpha value is -2.98. The van der Waals surface area contributed by atoms with Crippen molar-refractivity contribution in [2.75, 3.05) is 5.32 Å². The van der Waals surface area contributed by atoms with Gasteiger partial charge < -0.3 is 14.4 Å². The number of anilines is 1. The fourth-order valence-corrected chi connectivity index (χ4v) is 4.29. The summed E-state index contributed by atoms with van der Waals surface area (Å²) in [6.07, 6.45) is 0.572. The predicted octanol–water partition coefficient (Wildman–Crippen LogP) is 4.66. The highest BCUT2D eigenvalue weighted by Gasteiger charge is 2.12. The highest BCUT2D eigenvalue weighted by Crippen LogP contribution is 2.30. The van der Waals surface area contributed by atoms with Crippen LogP contribution in [-0.4, -0.2) is 26.2 Å². The van der Waals surface area contributed by atoms with Gasteiger partial charge in [-0.25, -0.2) is 4.98 Å². The Morgan fingerprint density at radius 1 is 1.13 bits per heavy atom. The average Bonchev–Trinajstić information content (AvgIpc) is 3.47. The summed E-state index contributed by atoms with van der Waals surface area (Å²) in [6, 6.07) is 9.96. The second-order valence-electron chi connectivity index (χ2n) is 6.63. The number of thiazole rings is 1. The highest BCUT2D eigenvalue weighted by atomic mass is 32.2. The molecule has 8 nitrogen and oxygen atoms in total. The summed E-state index contributed by atoms with van der Waals surface area (Å²) in [5.74, 6) is 2.40. The number of rotatable bonds is 8. The van der Waals surface area contributed by atoms with Crippen LogP contribution in [0.2, 0.25) is 0 Å². The number of benzene rings is 1. The lowest BCUT2D eigenvalue weighted by molar-refractivity contribution is -0.116. The van der Waals surface area contributed by atoms with Gasteiger partial charge in [-0.3, -0.25) is 4.79 Å². The molecule has 0 fully saturated rings. The zero-order valence-corrected chi connectivity index (χ0v) is 18.0. The van der Waals surface area contributed by atoms with Crippen LogP contribution in [0.5, 0.6) is 0 Å². The van der Waals surface area contributed by atoms with Crippen LogP contribution >= 0.6 is 23.1 Å². The van der Waals surface area contributed by atoms with Crippen LogP contribution in [0.25, 0.3) is 11.3 Å². The third-order valence-electron chi connectivity index (χ3n) is 4.13. The Labute approximate surface area is 181 Å². The molecule has 0 spiro atoms. The second-order valence-corrected chi connectivity index (χ2v) is 8.71. The number of nitrogens with one attached hydrogen (secondary N) is 1. The van der Waals surface area contributed by atoms with Crippen LogP contribution in [0.1, 0.15) is 29.5 Å². The fourth-order valence-electron chi connectivity index (χ4n) is 2.61. The number of nitrogens with zero attached hydrogens (tertiary/aromatic N) is 4. The Morgan fingerprint density at radius 3 is 2.73 bits per heavy atom. The maximum Gasteiger partial charge on any atom is 0.227 e. The maximum absolute atomic E-state index is 12.0. The summed E-state index contributed by atoms with van der Waals surface area (Å²) in [6.45, 7) is 3.82. The molecule has 0 saturated carbocycles. The third-order valence-corrected chi connectivity index (χ3v) is 6.14. The highest BCUT2D eigenvalue weighted by molar-refractivity contribution is 8.00. The molecule has 4 rings (SSSR count). The van der Waals surface area contributed by atoms with Gasteiger partial charge in [0.1, 0.15) is 5.76 Å². The Bertz CT molecular complexity index is 1130. The molecular formula is C20H19N5O3S2. The summed E-state index contributed by atoms with van der Waals surface area (Å²) < 4.78 is 11.1. The smallest absolute Gasteiger partial charge is 0.227 e. The van der Waals surface area contributed by atoms with Gasteiger partial charge in [-0.15, -0.1) is 11.3 Å². The van der Waals surface area contributed by atoms with Gasteiger partial charge in [0.25, 0.3) is 0 Å². The minimum absolute atomic E-state index is 0.191. The minimum atomic E-state index is -0.191. The van der Waals surface area contributed by atoms with E-state index in [2.05, 4.69) is 56.8 Å². The molecule has 154 valence electrons. The van der Waals surface area contributed by atoms with Gasteiger partial charge in [0.05, 0.1) is 11.4 Å². The first-order valence-corrected chi connectivity index (χ1v) is 11.1. The van der Waals surface area contributed by atoms with Gasteiger partial charge in [0.15, 0.2) is 16.0 Å². The predicted molar refractivity (Wildman–Crippen MR) is 114 cm³/mol. The first kappa shape index (κ1) is 20.3. The van der Waals surface area contributed by atoms with E-state index in [4.69, 9.17) is 9.05 Å². The van der Waals surface area contributed by atoms with Crippen molar-refractivity contribution < 1.29 is 13.8 Å². The van der Waals surface area contributed by atoms with Crippen LogP contribution < -0.4 is 5.32 Å². The van der Waals surface area contributed by atoms with E-state index in [1.165, 1.54) is 5.56 Å². The number of hydrogen-bond acceptors (Lipinski definition) is 9. The fraction of sp³-hybridized carbons (Fsp3) is 0.250. The van der Waals surface area contributed by atoms with E-state index in [0.29, 0.717) is 35.5 Å². The van der Waals surface area contributed by atoms with Gasteiger partial charge in [-0.05, 0) is 13.8 Å². The number of amides is 1. The molecule has 30 heavy (non-hydrogen) atoms. The minimum Gasteiger partial charge on any atom is -0.360 e. The standard InChI is InChI=1S/C20H19N5O3S2/c1-12-3-5-14(6-4-12)15-10-29-20(21-15)30-11-17-23-19(28-25-17)8-7-18(26)22-16-9-13(2)27-24-16/h3-6,9-10H,7-8,11H2,1-2H3,(H,22,24,26). The van der Waals surface area contributed by atoms with Gasteiger partial charge in [0, 0.05) is 29.9 Å². The molecule has 0 unspecified atom stereocenters. The molecule has 4 aromatic rings. The molecule has 0 aliphatic rings. The van der Waals surface area contributed by atoms with E-state index in [1.54, 1.807) is 36.1 Å². The van der Waals surface area contributed by atoms with E-state index in [9.17, 15) is 4.79 Å². The SMILES string of the molecule is Cc1ccc(-c2csc(SCc3noc(CCC(=O)Nc4cc(C)on4)n3)n2)cc1. The summed E-state index contributed by atoms with van der Waals surface area (Å²) in [4.78, 5) is 21.0. The molecule has 0 saturated heterocycles.